The van der Waals surface area contributed by atoms with Crippen LogP contribution in [0.25, 0.3) is 0 Å². The summed E-state index contributed by atoms with van der Waals surface area (Å²) >= 11 is 0. The van der Waals surface area contributed by atoms with Gasteiger partial charge < -0.3 is 0 Å². The standard InChI is InChI=1S/C10H16/c1-10(2,3)8-9-6-4-5-7-9/h4-6H,7-8H2,1-3H3. The van der Waals surface area contributed by atoms with Crippen molar-refractivity contribution in [3.8, 4) is 0 Å². The largest absolute Gasteiger partial charge is 0.0805 e. The van der Waals surface area contributed by atoms with E-state index in [-0.39, 0.29) is 0 Å². The van der Waals surface area contributed by atoms with Crippen LogP contribution in [-0.4, -0.2) is 0 Å². The van der Waals surface area contributed by atoms with Gasteiger partial charge in [0.05, 0.1) is 0 Å². The molecule has 0 saturated carbocycles. The van der Waals surface area contributed by atoms with E-state index >= 15 is 0 Å². The van der Waals surface area contributed by atoms with Crippen molar-refractivity contribution >= 4 is 0 Å². The van der Waals surface area contributed by atoms with Gasteiger partial charge in [-0.3, -0.25) is 0 Å². The molecule has 0 heterocycles. The molecule has 0 nitrogen and oxygen atoms in total. The molecule has 0 atom stereocenters. The van der Waals surface area contributed by atoms with Crippen molar-refractivity contribution in [1.29, 1.82) is 0 Å². The zero-order chi connectivity index (χ0) is 7.61. The number of rotatable bonds is 1. The van der Waals surface area contributed by atoms with Gasteiger partial charge >= 0.3 is 0 Å². The summed E-state index contributed by atoms with van der Waals surface area (Å²) in [5, 5.41) is 0. The van der Waals surface area contributed by atoms with Crippen LogP contribution in [0.5, 0.6) is 0 Å². The van der Waals surface area contributed by atoms with Crippen molar-refractivity contribution in [3.63, 3.8) is 0 Å². The third kappa shape index (κ3) is 2.38. The lowest BCUT2D eigenvalue weighted by atomic mass is 9.88. The van der Waals surface area contributed by atoms with Crippen LogP contribution in [0, 0.1) is 5.41 Å². The van der Waals surface area contributed by atoms with E-state index in [1.807, 2.05) is 0 Å². The van der Waals surface area contributed by atoms with Crippen molar-refractivity contribution in [2.45, 2.75) is 33.6 Å². The minimum absolute atomic E-state index is 0.456. The lowest BCUT2D eigenvalue weighted by Gasteiger charge is -2.18. The number of allylic oxidation sites excluding steroid dienone is 4. The Labute approximate surface area is 63.6 Å². The fourth-order valence-corrected chi connectivity index (χ4v) is 1.30. The molecule has 0 spiro atoms. The van der Waals surface area contributed by atoms with E-state index in [2.05, 4.69) is 39.0 Å². The first-order valence-electron chi connectivity index (χ1n) is 3.92. The van der Waals surface area contributed by atoms with E-state index in [4.69, 9.17) is 0 Å². The summed E-state index contributed by atoms with van der Waals surface area (Å²) in [6.07, 6.45) is 9.03. The highest BCUT2D eigenvalue weighted by Gasteiger charge is 2.12. The number of hydrogen-bond donors (Lipinski definition) is 0. The van der Waals surface area contributed by atoms with E-state index in [0.29, 0.717) is 5.41 Å². The summed E-state index contributed by atoms with van der Waals surface area (Å²) in [5.74, 6) is 0. The topological polar surface area (TPSA) is 0 Å². The highest BCUT2D eigenvalue weighted by Crippen LogP contribution is 2.27. The van der Waals surface area contributed by atoms with Crippen LogP contribution in [0.4, 0.5) is 0 Å². The molecule has 10 heavy (non-hydrogen) atoms. The average Bonchev–Trinajstić information content (AvgIpc) is 2.12. The molecule has 0 aromatic carbocycles. The Kier molecular flexibility index (Phi) is 1.98. The molecule has 56 valence electrons. The normalized spacial score (nSPS) is 17.7. The van der Waals surface area contributed by atoms with Crippen LogP contribution in [0.3, 0.4) is 0 Å². The maximum atomic E-state index is 2.28. The molecule has 0 unspecified atom stereocenters. The van der Waals surface area contributed by atoms with Gasteiger partial charge in [-0.25, -0.2) is 0 Å². The van der Waals surface area contributed by atoms with E-state index in [9.17, 15) is 0 Å². The van der Waals surface area contributed by atoms with Gasteiger partial charge in [-0.1, -0.05) is 44.6 Å². The van der Waals surface area contributed by atoms with Crippen LogP contribution in [0.1, 0.15) is 33.6 Å². The highest BCUT2D eigenvalue weighted by atomic mass is 14.2. The van der Waals surface area contributed by atoms with Gasteiger partial charge in [0.1, 0.15) is 0 Å². The molecule has 1 rings (SSSR count). The maximum Gasteiger partial charge on any atom is -0.0132 e. The zero-order valence-corrected chi connectivity index (χ0v) is 7.15. The van der Waals surface area contributed by atoms with Gasteiger partial charge in [0.2, 0.25) is 0 Å². The Hall–Kier alpha value is -0.520. The fourth-order valence-electron chi connectivity index (χ4n) is 1.30. The van der Waals surface area contributed by atoms with Crippen molar-refractivity contribution in [2.75, 3.05) is 0 Å². The molecule has 0 amide bonds. The Morgan fingerprint density at radius 1 is 1.40 bits per heavy atom. The second-order valence-electron chi connectivity index (χ2n) is 4.19. The van der Waals surface area contributed by atoms with Gasteiger partial charge in [0.15, 0.2) is 0 Å². The van der Waals surface area contributed by atoms with Gasteiger partial charge in [-0.15, -0.1) is 0 Å². The van der Waals surface area contributed by atoms with Crippen LogP contribution >= 0.6 is 0 Å². The first-order valence-corrected chi connectivity index (χ1v) is 3.92. The van der Waals surface area contributed by atoms with E-state index < -0.39 is 0 Å². The summed E-state index contributed by atoms with van der Waals surface area (Å²) in [6, 6.07) is 0. The van der Waals surface area contributed by atoms with Gasteiger partial charge in [0.25, 0.3) is 0 Å². The Bertz CT molecular complexity index is 165. The van der Waals surface area contributed by atoms with Gasteiger partial charge in [-0.05, 0) is 18.3 Å². The minimum Gasteiger partial charge on any atom is -0.0805 e. The van der Waals surface area contributed by atoms with Crippen LogP contribution < -0.4 is 0 Å². The third-order valence-electron chi connectivity index (χ3n) is 1.61. The summed E-state index contributed by atoms with van der Waals surface area (Å²) in [5.41, 5.74) is 2.03. The van der Waals surface area contributed by atoms with E-state index in [1.54, 1.807) is 5.57 Å². The van der Waals surface area contributed by atoms with Crippen molar-refractivity contribution in [3.05, 3.63) is 23.8 Å². The molecule has 0 N–H and O–H groups in total. The highest BCUT2D eigenvalue weighted by molar-refractivity contribution is 5.23. The predicted octanol–water partition coefficient (Wildman–Crippen LogP) is 3.31. The molecule has 0 heteroatoms. The van der Waals surface area contributed by atoms with Crippen molar-refractivity contribution < 1.29 is 0 Å². The second-order valence-corrected chi connectivity index (χ2v) is 4.19. The van der Waals surface area contributed by atoms with Gasteiger partial charge in [-0.2, -0.15) is 0 Å². The molecule has 0 saturated heterocycles. The van der Waals surface area contributed by atoms with Gasteiger partial charge in [0, 0.05) is 0 Å². The molecule has 0 aromatic rings. The SMILES string of the molecule is CC(C)(C)CC1=CC=CC1. The predicted molar refractivity (Wildman–Crippen MR) is 45.9 cm³/mol. The van der Waals surface area contributed by atoms with E-state index in [0.717, 1.165) is 0 Å². The number of hydrogen-bond acceptors (Lipinski definition) is 0. The first-order chi connectivity index (χ1) is 4.58. The first kappa shape index (κ1) is 7.59. The van der Waals surface area contributed by atoms with E-state index in [1.165, 1.54) is 12.8 Å². The molecule has 1 aliphatic rings. The van der Waals surface area contributed by atoms with Crippen LogP contribution in [0.2, 0.25) is 0 Å². The zero-order valence-electron chi connectivity index (χ0n) is 7.15. The lowest BCUT2D eigenvalue weighted by Crippen LogP contribution is -2.05. The molecular weight excluding hydrogens is 120 g/mol. The van der Waals surface area contributed by atoms with Crippen molar-refractivity contribution in [1.82, 2.24) is 0 Å². The Morgan fingerprint density at radius 3 is 2.50 bits per heavy atom. The lowest BCUT2D eigenvalue weighted by molar-refractivity contribution is 0.407. The smallest absolute Gasteiger partial charge is 0.0132 e. The fraction of sp³-hybridized carbons (Fsp3) is 0.600. The molecule has 0 bridgehead atoms. The molecule has 1 aliphatic carbocycles. The second kappa shape index (κ2) is 2.61. The van der Waals surface area contributed by atoms with Crippen LogP contribution in [-0.2, 0) is 0 Å². The van der Waals surface area contributed by atoms with Crippen molar-refractivity contribution in [2.24, 2.45) is 5.41 Å². The monoisotopic (exact) mass is 136 g/mol. The Morgan fingerprint density at radius 2 is 2.10 bits per heavy atom. The summed E-state index contributed by atoms with van der Waals surface area (Å²) < 4.78 is 0. The molecule has 0 aromatic heterocycles. The van der Waals surface area contributed by atoms with Crippen LogP contribution in [0.15, 0.2) is 23.8 Å². The molecule has 0 fully saturated rings. The Balaban J connectivity index is 2.41. The molecular formula is C10H16. The quantitative estimate of drug-likeness (QED) is 0.518. The summed E-state index contributed by atoms with van der Waals surface area (Å²) in [4.78, 5) is 0. The minimum atomic E-state index is 0.456. The summed E-state index contributed by atoms with van der Waals surface area (Å²) in [6.45, 7) is 6.85. The molecule has 0 radical (unpaired) electrons. The summed E-state index contributed by atoms with van der Waals surface area (Å²) in [7, 11) is 0. The third-order valence-corrected chi connectivity index (χ3v) is 1.61. The maximum absolute atomic E-state index is 2.28. The average molecular weight is 136 g/mol. The molecule has 0 aliphatic heterocycles.